The fourth-order valence-electron chi connectivity index (χ4n) is 1.85. The van der Waals surface area contributed by atoms with Gasteiger partial charge >= 0.3 is 5.97 Å². The molecular formula is C13H14O4. The normalized spacial score (nSPS) is 16.7. The molecule has 90 valence electrons. The van der Waals surface area contributed by atoms with E-state index in [1.807, 2.05) is 13.8 Å². The predicted octanol–water partition coefficient (Wildman–Crippen LogP) is 2.56. The molecule has 0 fully saturated rings. The van der Waals surface area contributed by atoms with Crippen LogP contribution in [0.3, 0.4) is 0 Å². The summed E-state index contributed by atoms with van der Waals surface area (Å²) in [6, 6.07) is 4.75. The van der Waals surface area contributed by atoms with Gasteiger partial charge in [-0.25, -0.2) is 4.79 Å². The minimum absolute atomic E-state index is 0.312. The van der Waals surface area contributed by atoms with E-state index in [9.17, 15) is 9.59 Å². The van der Waals surface area contributed by atoms with Crippen molar-refractivity contribution in [3.05, 3.63) is 29.3 Å². The van der Waals surface area contributed by atoms with Gasteiger partial charge in [0.2, 0.25) is 0 Å². The molecule has 1 aromatic carbocycles. The average molecular weight is 234 g/mol. The molecule has 0 saturated carbocycles. The van der Waals surface area contributed by atoms with Crippen molar-refractivity contribution < 1.29 is 19.1 Å². The highest BCUT2D eigenvalue weighted by Crippen LogP contribution is 2.35. The predicted molar refractivity (Wildman–Crippen MR) is 61.2 cm³/mol. The fourth-order valence-corrected chi connectivity index (χ4v) is 1.85. The van der Waals surface area contributed by atoms with E-state index in [-0.39, 0.29) is 0 Å². The number of carbonyl (C=O) groups excluding carboxylic acids is 2. The first-order chi connectivity index (χ1) is 8.14. The Bertz CT molecular complexity index is 460. The van der Waals surface area contributed by atoms with Crippen molar-refractivity contribution in [3.8, 4) is 5.75 Å². The Kier molecular flexibility index (Phi) is 2.88. The summed E-state index contributed by atoms with van der Waals surface area (Å²) in [6.45, 7) is 3.81. The number of hydrogen-bond acceptors (Lipinski definition) is 4. The summed E-state index contributed by atoms with van der Waals surface area (Å²) in [7, 11) is 0. The van der Waals surface area contributed by atoms with Crippen LogP contribution < -0.4 is 4.74 Å². The molecule has 4 nitrogen and oxygen atoms in total. The van der Waals surface area contributed by atoms with Gasteiger partial charge in [-0.2, -0.15) is 0 Å². The second-order valence-electron chi connectivity index (χ2n) is 3.98. The van der Waals surface area contributed by atoms with Crippen LogP contribution in [0.25, 0.3) is 0 Å². The molecule has 4 heteroatoms. The van der Waals surface area contributed by atoms with Gasteiger partial charge in [-0.05, 0) is 18.2 Å². The number of carbonyl (C=O) groups is 2. The lowest BCUT2D eigenvalue weighted by Crippen LogP contribution is -2.43. The zero-order valence-electron chi connectivity index (χ0n) is 9.86. The molecule has 1 aromatic rings. The van der Waals surface area contributed by atoms with Crippen molar-refractivity contribution >= 4 is 12.3 Å². The van der Waals surface area contributed by atoms with Gasteiger partial charge in [-0.15, -0.1) is 0 Å². The highest BCUT2D eigenvalue weighted by atomic mass is 16.7. The Morgan fingerprint density at radius 3 is 2.53 bits per heavy atom. The van der Waals surface area contributed by atoms with Gasteiger partial charge in [0.05, 0.1) is 0 Å². The maximum Gasteiger partial charge on any atom is 0.345 e. The van der Waals surface area contributed by atoms with E-state index in [4.69, 9.17) is 9.47 Å². The van der Waals surface area contributed by atoms with E-state index < -0.39 is 11.8 Å². The molecule has 0 atom stereocenters. The van der Waals surface area contributed by atoms with Crippen molar-refractivity contribution in [3.63, 3.8) is 0 Å². The summed E-state index contributed by atoms with van der Waals surface area (Å²) < 4.78 is 11.0. The molecule has 0 saturated heterocycles. The highest BCUT2D eigenvalue weighted by Gasteiger charge is 2.39. The molecule has 0 bridgehead atoms. The lowest BCUT2D eigenvalue weighted by atomic mass is 10.1. The van der Waals surface area contributed by atoms with E-state index in [0.717, 1.165) is 0 Å². The summed E-state index contributed by atoms with van der Waals surface area (Å²) in [5.41, 5.74) is 0.747. The van der Waals surface area contributed by atoms with Gasteiger partial charge in [0.1, 0.15) is 17.6 Å². The standard InChI is InChI=1S/C13H14O4/c1-3-13(4-2)16-11-6-5-9(8-14)7-10(11)12(15)17-13/h5-8H,3-4H2,1-2H3. The molecule has 1 heterocycles. The van der Waals surface area contributed by atoms with Crippen LogP contribution in [0.5, 0.6) is 5.75 Å². The molecule has 2 rings (SSSR count). The Morgan fingerprint density at radius 1 is 1.24 bits per heavy atom. The Morgan fingerprint density at radius 2 is 1.94 bits per heavy atom. The minimum atomic E-state index is -0.868. The van der Waals surface area contributed by atoms with Crippen LogP contribution in [0.4, 0.5) is 0 Å². The summed E-state index contributed by atoms with van der Waals surface area (Å²) in [5, 5.41) is 0. The molecule has 17 heavy (non-hydrogen) atoms. The second-order valence-corrected chi connectivity index (χ2v) is 3.98. The molecule has 0 aliphatic carbocycles. The number of aldehydes is 1. The summed E-state index contributed by atoms with van der Waals surface area (Å²) >= 11 is 0. The van der Waals surface area contributed by atoms with Crippen LogP contribution in [0.2, 0.25) is 0 Å². The maximum absolute atomic E-state index is 11.9. The molecule has 0 amide bonds. The second kappa shape index (κ2) is 4.20. The van der Waals surface area contributed by atoms with Crippen LogP contribution in [-0.4, -0.2) is 18.0 Å². The number of esters is 1. The number of fused-ring (bicyclic) bond motifs is 1. The average Bonchev–Trinajstić information content (AvgIpc) is 2.38. The largest absolute Gasteiger partial charge is 0.451 e. The Labute approximate surface area is 99.5 Å². The van der Waals surface area contributed by atoms with Gasteiger partial charge < -0.3 is 9.47 Å². The van der Waals surface area contributed by atoms with Gasteiger partial charge in [0, 0.05) is 18.4 Å². The molecule has 0 aromatic heterocycles. The van der Waals surface area contributed by atoms with Crippen molar-refractivity contribution in [2.75, 3.05) is 0 Å². The number of benzene rings is 1. The maximum atomic E-state index is 11.9. The van der Waals surface area contributed by atoms with Gasteiger partial charge in [-0.1, -0.05) is 13.8 Å². The van der Waals surface area contributed by atoms with E-state index in [1.165, 1.54) is 6.07 Å². The molecule has 0 N–H and O–H groups in total. The van der Waals surface area contributed by atoms with E-state index in [2.05, 4.69) is 0 Å². The monoisotopic (exact) mass is 234 g/mol. The van der Waals surface area contributed by atoms with Gasteiger partial charge in [-0.3, -0.25) is 4.79 Å². The number of hydrogen-bond donors (Lipinski definition) is 0. The number of rotatable bonds is 3. The molecule has 0 unspecified atom stereocenters. The van der Waals surface area contributed by atoms with E-state index in [0.29, 0.717) is 36.0 Å². The molecule has 0 radical (unpaired) electrons. The molecular weight excluding hydrogens is 220 g/mol. The lowest BCUT2D eigenvalue weighted by Gasteiger charge is -2.36. The van der Waals surface area contributed by atoms with Crippen molar-refractivity contribution in [2.24, 2.45) is 0 Å². The summed E-state index contributed by atoms with van der Waals surface area (Å²) in [5.74, 6) is -0.818. The summed E-state index contributed by atoms with van der Waals surface area (Å²) in [4.78, 5) is 22.5. The lowest BCUT2D eigenvalue weighted by molar-refractivity contribution is -0.158. The van der Waals surface area contributed by atoms with Crippen LogP contribution in [0.1, 0.15) is 47.4 Å². The summed E-state index contributed by atoms with van der Waals surface area (Å²) in [6.07, 6.45) is 1.86. The van der Waals surface area contributed by atoms with Crippen LogP contribution in [0, 0.1) is 0 Å². The third-order valence-electron chi connectivity index (χ3n) is 3.01. The number of cyclic esters (lactones) is 1. The first kappa shape index (κ1) is 11.6. The fraction of sp³-hybridized carbons (Fsp3) is 0.385. The van der Waals surface area contributed by atoms with Crippen LogP contribution in [0.15, 0.2) is 18.2 Å². The Hall–Kier alpha value is -1.84. The quantitative estimate of drug-likeness (QED) is 0.595. The smallest absolute Gasteiger partial charge is 0.345 e. The SMILES string of the molecule is CCC1(CC)OC(=O)c2cc(C=O)ccc2O1. The van der Waals surface area contributed by atoms with Crippen molar-refractivity contribution in [1.29, 1.82) is 0 Å². The first-order valence-corrected chi connectivity index (χ1v) is 5.65. The zero-order valence-corrected chi connectivity index (χ0v) is 9.86. The molecule has 1 aliphatic rings. The topological polar surface area (TPSA) is 52.6 Å². The number of ether oxygens (including phenoxy) is 2. The minimum Gasteiger partial charge on any atom is -0.451 e. The third-order valence-corrected chi connectivity index (χ3v) is 3.01. The van der Waals surface area contributed by atoms with Crippen LogP contribution in [-0.2, 0) is 4.74 Å². The van der Waals surface area contributed by atoms with E-state index in [1.54, 1.807) is 12.1 Å². The molecule has 0 spiro atoms. The third kappa shape index (κ3) is 1.90. The Balaban J connectivity index is 2.44. The van der Waals surface area contributed by atoms with Crippen LogP contribution >= 0.6 is 0 Å². The zero-order chi connectivity index (χ0) is 12.5. The van der Waals surface area contributed by atoms with Crippen molar-refractivity contribution in [1.82, 2.24) is 0 Å². The van der Waals surface area contributed by atoms with Gasteiger partial charge in [0.15, 0.2) is 0 Å². The van der Waals surface area contributed by atoms with Gasteiger partial charge in [0.25, 0.3) is 5.79 Å². The highest BCUT2D eigenvalue weighted by molar-refractivity contribution is 5.95. The van der Waals surface area contributed by atoms with Crippen molar-refractivity contribution in [2.45, 2.75) is 32.5 Å². The molecule has 1 aliphatic heterocycles. The van der Waals surface area contributed by atoms with E-state index >= 15 is 0 Å². The first-order valence-electron chi connectivity index (χ1n) is 5.65.